The van der Waals surface area contributed by atoms with Crippen LogP contribution in [0.1, 0.15) is 48.1 Å². The normalized spacial score (nSPS) is 11.5. The summed E-state index contributed by atoms with van der Waals surface area (Å²) in [6.07, 6.45) is 1.68. The van der Waals surface area contributed by atoms with Gasteiger partial charge in [0, 0.05) is 17.2 Å². The lowest BCUT2D eigenvalue weighted by molar-refractivity contribution is 0.102. The average molecular weight is 415 g/mol. The van der Waals surface area contributed by atoms with Crippen molar-refractivity contribution in [2.75, 3.05) is 5.32 Å². The van der Waals surface area contributed by atoms with Crippen molar-refractivity contribution in [2.24, 2.45) is 0 Å². The highest BCUT2D eigenvalue weighted by Crippen LogP contribution is 2.23. The summed E-state index contributed by atoms with van der Waals surface area (Å²) in [5.74, 6) is 1.43. The molecule has 4 rings (SSSR count). The molecule has 0 bridgehead atoms. The molecule has 2 heterocycles. The van der Waals surface area contributed by atoms with E-state index in [1.165, 1.54) is 5.56 Å². The van der Waals surface area contributed by atoms with Crippen LogP contribution in [0.4, 0.5) is 5.82 Å². The number of anilines is 1. The van der Waals surface area contributed by atoms with Gasteiger partial charge in [0.1, 0.15) is 5.82 Å². The molecule has 31 heavy (non-hydrogen) atoms. The number of benzene rings is 2. The van der Waals surface area contributed by atoms with Crippen molar-refractivity contribution >= 4 is 11.7 Å². The number of hydrogen-bond acceptors (Lipinski definition) is 5. The quantitative estimate of drug-likeness (QED) is 0.504. The summed E-state index contributed by atoms with van der Waals surface area (Å²) in [6, 6.07) is 17.3. The number of carbonyl (C=O) groups excluding carboxylic acids is 1. The highest BCUT2D eigenvalue weighted by Gasteiger charge is 2.14. The van der Waals surface area contributed by atoms with Crippen LogP contribution in [0.2, 0.25) is 0 Å². The van der Waals surface area contributed by atoms with Gasteiger partial charge >= 0.3 is 0 Å². The molecule has 0 atom stereocenters. The van der Waals surface area contributed by atoms with Crippen molar-refractivity contribution in [3.8, 4) is 11.5 Å². The first-order valence-electron chi connectivity index (χ1n) is 10.1. The zero-order chi connectivity index (χ0) is 22.0. The molecule has 1 amide bonds. The number of nitrogens with one attached hydrogen (secondary N) is 1. The number of rotatable bonds is 5. The monoisotopic (exact) mass is 415 g/mol. The van der Waals surface area contributed by atoms with Crippen molar-refractivity contribution < 1.29 is 9.32 Å². The van der Waals surface area contributed by atoms with Crippen molar-refractivity contribution in [1.29, 1.82) is 0 Å². The Morgan fingerprint density at radius 3 is 2.35 bits per heavy atom. The molecule has 0 radical (unpaired) electrons. The summed E-state index contributed by atoms with van der Waals surface area (Å²) in [6.45, 7) is 8.91. The minimum atomic E-state index is -0.210. The molecule has 2 aromatic carbocycles. The van der Waals surface area contributed by atoms with Crippen molar-refractivity contribution in [3.63, 3.8) is 0 Å². The van der Waals surface area contributed by atoms with Crippen LogP contribution in [-0.2, 0) is 12.0 Å². The van der Waals surface area contributed by atoms with Crippen LogP contribution in [0.3, 0.4) is 0 Å². The molecule has 4 aromatic rings. The molecule has 0 aliphatic carbocycles. The van der Waals surface area contributed by atoms with Crippen LogP contribution < -0.4 is 5.32 Å². The minimum absolute atomic E-state index is 0.112. The van der Waals surface area contributed by atoms with Gasteiger partial charge in [0.25, 0.3) is 11.8 Å². The first kappa shape index (κ1) is 20.5. The second-order valence-electron chi connectivity index (χ2n) is 8.50. The summed E-state index contributed by atoms with van der Waals surface area (Å²) in [7, 11) is 0. The zero-order valence-corrected chi connectivity index (χ0v) is 18.1. The predicted octanol–water partition coefficient (Wildman–Crippen LogP) is 4.84. The predicted molar refractivity (Wildman–Crippen MR) is 119 cm³/mol. The molecule has 7 nitrogen and oxygen atoms in total. The van der Waals surface area contributed by atoms with Crippen LogP contribution in [0.15, 0.2) is 65.3 Å². The highest BCUT2D eigenvalue weighted by atomic mass is 16.5. The summed E-state index contributed by atoms with van der Waals surface area (Å²) in [5, 5.41) is 11.1. The van der Waals surface area contributed by atoms with Gasteiger partial charge < -0.3 is 9.84 Å². The van der Waals surface area contributed by atoms with Gasteiger partial charge in [-0.1, -0.05) is 50.2 Å². The van der Waals surface area contributed by atoms with Gasteiger partial charge in [0.2, 0.25) is 0 Å². The van der Waals surface area contributed by atoms with Gasteiger partial charge in [-0.15, -0.1) is 0 Å². The Balaban J connectivity index is 1.44. The number of amides is 1. The minimum Gasteiger partial charge on any atom is -0.334 e. The molecular formula is C24H25N5O2. The van der Waals surface area contributed by atoms with E-state index in [1.807, 2.05) is 0 Å². The Morgan fingerprint density at radius 1 is 1.03 bits per heavy atom. The number of aromatic nitrogens is 4. The SMILES string of the molecule is Cc1noc(-c2ccc(C(=O)Nc3ccnn3Cc3ccc(C(C)(C)C)cc3)cc2)n1. The number of nitrogens with zero attached hydrogens (tertiary/aromatic N) is 4. The Morgan fingerprint density at radius 2 is 1.74 bits per heavy atom. The van der Waals surface area contributed by atoms with Crippen molar-refractivity contribution in [3.05, 3.63) is 83.3 Å². The van der Waals surface area contributed by atoms with Gasteiger partial charge in [-0.25, -0.2) is 4.68 Å². The lowest BCUT2D eigenvalue weighted by atomic mass is 9.87. The molecule has 0 spiro atoms. The molecule has 0 fully saturated rings. The van der Waals surface area contributed by atoms with Crippen LogP contribution in [0.5, 0.6) is 0 Å². The Bertz CT molecular complexity index is 1180. The fourth-order valence-electron chi connectivity index (χ4n) is 3.21. The van der Waals surface area contributed by atoms with Crippen LogP contribution in [-0.4, -0.2) is 25.8 Å². The largest absolute Gasteiger partial charge is 0.334 e. The fraction of sp³-hybridized carbons (Fsp3) is 0.250. The third kappa shape index (κ3) is 4.71. The van der Waals surface area contributed by atoms with Crippen LogP contribution in [0.25, 0.3) is 11.5 Å². The molecule has 0 saturated heterocycles. The summed E-state index contributed by atoms with van der Waals surface area (Å²) < 4.78 is 6.94. The molecular weight excluding hydrogens is 390 g/mol. The third-order valence-electron chi connectivity index (χ3n) is 5.03. The lowest BCUT2D eigenvalue weighted by Gasteiger charge is -2.19. The van der Waals surface area contributed by atoms with E-state index >= 15 is 0 Å². The highest BCUT2D eigenvalue weighted by molar-refractivity contribution is 6.04. The smallest absolute Gasteiger partial charge is 0.257 e. The summed E-state index contributed by atoms with van der Waals surface area (Å²) >= 11 is 0. The van der Waals surface area contributed by atoms with Gasteiger partial charge in [-0.3, -0.25) is 4.79 Å². The lowest BCUT2D eigenvalue weighted by Crippen LogP contribution is -2.16. The van der Waals surface area contributed by atoms with E-state index in [2.05, 4.69) is 65.6 Å². The molecule has 2 aromatic heterocycles. The van der Waals surface area contributed by atoms with Crippen molar-refractivity contribution in [2.45, 2.75) is 39.7 Å². The van der Waals surface area contributed by atoms with E-state index in [-0.39, 0.29) is 11.3 Å². The van der Waals surface area contributed by atoms with Gasteiger partial charge in [-0.05, 0) is 47.7 Å². The molecule has 0 aliphatic rings. The number of aryl methyl sites for hydroxylation is 1. The van der Waals surface area contributed by atoms with Crippen molar-refractivity contribution in [1.82, 2.24) is 19.9 Å². The van der Waals surface area contributed by atoms with Crippen LogP contribution >= 0.6 is 0 Å². The standard InChI is InChI=1S/C24H25N5O2/c1-16-26-23(31-28-16)19-9-7-18(8-10-19)22(30)27-21-13-14-25-29(21)15-17-5-11-20(12-6-17)24(2,3)4/h5-14H,15H2,1-4H3,(H,27,30). The topological polar surface area (TPSA) is 85.8 Å². The Hall–Kier alpha value is -3.74. The Kier molecular flexibility index (Phi) is 5.42. The first-order chi connectivity index (χ1) is 14.8. The van der Waals surface area contributed by atoms with Gasteiger partial charge in [0.15, 0.2) is 5.82 Å². The molecule has 0 unspecified atom stereocenters. The van der Waals surface area contributed by atoms with Gasteiger partial charge in [0.05, 0.1) is 12.7 Å². The van der Waals surface area contributed by atoms with E-state index in [0.29, 0.717) is 29.6 Å². The van der Waals surface area contributed by atoms with E-state index < -0.39 is 0 Å². The molecule has 0 saturated carbocycles. The first-order valence-corrected chi connectivity index (χ1v) is 10.1. The molecule has 0 aliphatic heterocycles. The molecule has 158 valence electrons. The third-order valence-corrected chi connectivity index (χ3v) is 5.03. The van der Waals surface area contributed by atoms with Crippen LogP contribution in [0, 0.1) is 6.92 Å². The average Bonchev–Trinajstić information content (AvgIpc) is 3.37. The zero-order valence-electron chi connectivity index (χ0n) is 18.1. The Labute approximate surface area is 181 Å². The maximum absolute atomic E-state index is 12.7. The number of carbonyl (C=O) groups is 1. The maximum atomic E-state index is 12.7. The van der Waals surface area contributed by atoms with E-state index in [0.717, 1.165) is 11.1 Å². The van der Waals surface area contributed by atoms with E-state index in [9.17, 15) is 4.79 Å². The maximum Gasteiger partial charge on any atom is 0.257 e. The van der Waals surface area contributed by atoms with E-state index in [4.69, 9.17) is 4.52 Å². The molecule has 7 heteroatoms. The second-order valence-corrected chi connectivity index (χ2v) is 8.50. The van der Waals surface area contributed by atoms with Gasteiger partial charge in [-0.2, -0.15) is 10.1 Å². The number of hydrogen-bond donors (Lipinski definition) is 1. The fourth-order valence-corrected chi connectivity index (χ4v) is 3.21. The summed E-state index contributed by atoms with van der Waals surface area (Å²) in [5.41, 5.74) is 3.81. The van der Waals surface area contributed by atoms with E-state index in [1.54, 1.807) is 48.1 Å². The summed E-state index contributed by atoms with van der Waals surface area (Å²) in [4.78, 5) is 16.9. The second kappa shape index (κ2) is 8.18. The molecule has 1 N–H and O–H groups in total.